The van der Waals surface area contributed by atoms with Crippen LogP contribution in [0.2, 0.25) is 0 Å². The SMILES string of the molecule is CCOC(OCC)c1ccc(Br)s1. The van der Waals surface area contributed by atoms with Crippen molar-refractivity contribution in [3.05, 3.63) is 20.8 Å². The smallest absolute Gasteiger partial charge is 0.193 e. The molecule has 0 aliphatic rings. The summed E-state index contributed by atoms with van der Waals surface area (Å²) in [6.07, 6.45) is -0.203. The highest BCUT2D eigenvalue weighted by atomic mass is 79.9. The monoisotopic (exact) mass is 264 g/mol. The predicted octanol–water partition coefficient (Wildman–Crippen LogP) is 3.58. The molecule has 1 aromatic rings. The maximum absolute atomic E-state index is 5.45. The van der Waals surface area contributed by atoms with Gasteiger partial charge in [-0.2, -0.15) is 0 Å². The van der Waals surface area contributed by atoms with Crippen molar-refractivity contribution in [1.29, 1.82) is 0 Å². The molecule has 0 atom stereocenters. The summed E-state index contributed by atoms with van der Waals surface area (Å²) in [5.74, 6) is 0. The van der Waals surface area contributed by atoms with Crippen molar-refractivity contribution in [2.45, 2.75) is 20.1 Å². The van der Waals surface area contributed by atoms with Crippen LogP contribution in [0.3, 0.4) is 0 Å². The maximum atomic E-state index is 5.45. The summed E-state index contributed by atoms with van der Waals surface area (Å²) in [4.78, 5) is 1.11. The third-order valence-electron chi connectivity index (χ3n) is 1.46. The van der Waals surface area contributed by atoms with E-state index in [-0.39, 0.29) is 6.29 Å². The molecule has 0 spiro atoms. The van der Waals surface area contributed by atoms with E-state index in [1.165, 1.54) is 0 Å². The minimum absolute atomic E-state index is 0.203. The van der Waals surface area contributed by atoms with Crippen LogP contribution in [0.25, 0.3) is 0 Å². The molecule has 13 heavy (non-hydrogen) atoms. The molecule has 0 aromatic carbocycles. The van der Waals surface area contributed by atoms with Crippen molar-refractivity contribution in [3.63, 3.8) is 0 Å². The number of thiophene rings is 1. The highest BCUT2D eigenvalue weighted by Gasteiger charge is 2.12. The first-order chi connectivity index (χ1) is 6.27. The number of rotatable bonds is 5. The van der Waals surface area contributed by atoms with E-state index in [4.69, 9.17) is 9.47 Å². The van der Waals surface area contributed by atoms with Gasteiger partial charge < -0.3 is 9.47 Å². The fourth-order valence-corrected chi connectivity index (χ4v) is 2.39. The first-order valence-corrected chi connectivity index (χ1v) is 5.87. The Bertz CT molecular complexity index is 244. The Morgan fingerprint density at radius 2 is 1.92 bits per heavy atom. The second kappa shape index (κ2) is 5.75. The molecule has 0 N–H and O–H groups in total. The highest BCUT2D eigenvalue weighted by molar-refractivity contribution is 9.11. The summed E-state index contributed by atoms with van der Waals surface area (Å²) in [5, 5.41) is 0. The second-order valence-electron chi connectivity index (χ2n) is 2.38. The van der Waals surface area contributed by atoms with Crippen LogP contribution in [-0.4, -0.2) is 13.2 Å². The van der Waals surface area contributed by atoms with E-state index < -0.39 is 0 Å². The minimum atomic E-state index is -0.203. The summed E-state index contributed by atoms with van der Waals surface area (Å²) >= 11 is 5.05. The fraction of sp³-hybridized carbons (Fsp3) is 0.556. The zero-order valence-electron chi connectivity index (χ0n) is 7.75. The highest BCUT2D eigenvalue weighted by Crippen LogP contribution is 2.29. The van der Waals surface area contributed by atoms with Crippen molar-refractivity contribution >= 4 is 27.3 Å². The van der Waals surface area contributed by atoms with Gasteiger partial charge in [0.2, 0.25) is 0 Å². The molecule has 0 unspecified atom stereocenters. The van der Waals surface area contributed by atoms with Crippen molar-refractivity contribution < 1.29 is 9.47 Å². The van der Waals surface area contributed by atoms with E-state index >= 15 is 0 Å². The van der Waals surface area contributed by atoms with Crippen molar-refractivity contribution in [3.8, 4) is 0 Å². The number of hydrogen-bond acceptors (Lipinski definition) is 3. The summed E-state index contributed by atoms with van der Waals surface area (Å²) in [6, 6.07) is 4.02. The molecule has 0 saturated heterocycles. The molecular weight excluding hydrogens is 252 g/mol. The average Bonchev–Trinajstić information content (AvgIpc) is 2.51. The molecule has 0 saturated carbocycles. The van der Waals surface area contributed by atoms with Crippen molar-refractivity contribution in [2.24, 2.45) is 0 Å². The molecule has 0 radical (unpaired) electrons. The zero-order valence-corrected chi connectivity index (χ0v) is 10.2. The molecule has 4 heteroatoms. The number of hydrogen-bond donors (Lipinski definition) is 0. The predicted molar refractivity (Wildman–Crippen MR) is 58.0 cm³/mol. The van der Waals surface area contributed by atoms with Crippen LogP contribution < -0.4 is 0 Å². The Kier molecular flexibility index (Phi) is 4.94. The average molecular weight is 265 g/mol. The molecule has 1 aromatic heterocycles. The summed E-state index contributed by atoms with van der Waals surface area (Å²) in [7, 11) is 0. The normalized spacial score (nSPS) is 11.1. The van der Waals surface area contributed by atoms with Crippen LogP contribution in [0.1, 0.15) is 25.0 Å². The van der Waals surface area contributed by atoms with Crippen LogP contribution in [0.15, 0.2) is 15.9 Å². The van der Waals surface area contributed by atoms with E-state index in [9.17, 15) is 0 Å². The lowest BCUT2D eigenvalue weighted by Gasteiger charge is -2.14. The number of ether oxygens (including phenoxy) is 2. The molecule has 0 aliphatic heterocycles. The zero-order chi connectivity index (χ0) is 9.68. The Balaban J connectivity index is 2.63. The van der Waals surface area contributed by atoms with Crippen LogP contribution in [0.4, 0.5) is 0 Å². The van der Waals surface area contributed by atoms with Crippen LogP contribution in [-0.2, 0) is 9.47 Å². The Morgan fingerprint density at radius 3 is 2.31 bits per heavy atom. The van der Waals surface area contributed by atoms with Gasteiger partial charge in [0, 0.05) is 13.2 Å². The number of halogens is 1. The van der Waals surface area contributed by atoms with Crippen molar-refractivity contribution in [2.75, 3.05) is 13.2 Å². The lowest BCUT2D eigenvalue weighted by Crippen LogP contribution is -2.06. The Labute approximate surface area is 91.0 Å². The van der Waals surface area contributed by atoms with E-state index in [0.717, 1.165) is 8.66 Å². The molecule has 0 aliphatic carbocycles. The molecule has 0 bridgehead atoms. The van der Waals surface area contributed by atoms with Crippen LogP contribution >= 0.6 is 27.3 Å². The third-order valence-corrected chi connectivity index (χ3v) is 3.11. The third kappa shape index (κ3) is 3.38. The molecule has 74 valence electrons. The van der Waals surface area contributed by atoms with E-state index in [1.54, 1.807) is 11.3 Å². The second-order valence-corrected chi connectivity index (χ2v) is 4.88. The fourth-order valence-electron chi connectivity index (χ4n) is 0.970. The largest absolute Gasteiger partial charge is 0.348 e. The van der Waals surface area contributed by atoms with Gasteiger partial charge in [-0.05, 0) is 41.9 Å². The van der Waals surface area contributed by atoms with Gasteiger partial charge in [0.15, 0.2) is 6.29 Å². The van der Waals surface area contributed by atoms with Gasteiger partial charge in [-0.1, -0.05) is 0 Å². The van der Waals surface area contributed by atoms with Gasteiger partial charge in [-0.15, -0.1) is 11.3 Å². The standard InChI is InChI=1S/C9H13BrO2S/c1-3-11-9(12-4-2)7-5-6-8(10)13-7/h5-6,9H,3-4H2,1-2H3. The van der Waals surface area contributed by atoms with Gasteiger partial charge in [0.1, 0.15) is 0 Å². The summed E-state index contributed by atoms with van der Waals surface area (Å²) < 4.78 is 12.0. The summed E-state index contributed by atoms with van der Waals surface area (Å²) in [5.41, 5.74) is 0. The topological polar surface area (TPSA) is 18.5 Å². The van der Waals surface area contributed by atoms with Crippen LogP contribution in [0.5, 0.6) is 0 Å². The molecule has 2 nitrogen and oxygen atoms in total. The molecule has 1 heterocycles. The van der Waals surface area contributed by atoms with E-state index in [1.807, 2.05) is 26.0 Å². The molecule has 0 amide bonds. The Morgan fingerprint density at radius 1 is 1.31 bits per heavy atom. The van der Waals surface area contributed by atoms with Gasteiger partial charge in [-0.25, -0.2) is 0 Å². The van der Waals surface area contributed by atoms with Gasteiger partial charge >= 0.3 is 0 Å². The lowest BCUT2D eigenvalue weighted by atomic mass is 10.4. The summed E-state index contributed by atoms with van der Waals surface area (Å²) in [6.45, 7) is 5.27. The molecule has 0 fully saturated rings. The van der Waals surface area contributed by atoms with Gasteiger partial charge in [-0.3, -0.25) is 0 Å². The quantitative estimate of drug-likeness (QED) is 0.757. The first kappa shape index (κ1) is 11.2. The first-order valence-electron chi connectivity index (χ1n) is 4.26. The molecule has 1 rings (SSSR count). The van der Waals surface area contributed by atoms with Crippen molar-refractivity contribution in [1.82, 2.24) is 0 Å². The van der Waals surface area contributed by atoms with E-state index in [0.29, 0.717) is 13.2 Å². The maximum Gasteiger partial charge on any atom is 0.193 e. The van der Waals surface area contributed by atoms with Gasteiger partial charge in [0.25, 0.3) is 0 Å². The Hall–Kier alpha value is 0.1000. The minimum Gasteiger partial charge on any atom is -0.348 e. The van der Waals surface area contributed by atoms with Gasteiger partial charge in [0.05, 0.1) is 8.66 Å². The molecular formula is C9H13BrO2S. The lowest BCUT2D eigenvalue weighted by molar-refractivity contribution is -0.138. The van der Waals surface area contributed by atoms with Crippen LogP contribution in [0, 0.1) is 0 Å². The van der Waals surface area contributed by atoms with E-state index in [2.05, 4.69) is 15.9 Å².